The van der Waals surface area contributed by atoms with Crippen LogP contribution in [0.4, 0.5) is 0 Å². The molecule has 2 aliphatic heterocycles. The Morgan fingerprint density at radius 3 is 3.31 bits per heavy atom. The van der Waals surface area contributed by atoms with Crippen LogP contribution in [0.15, 0.2) is 6.33 Å². The summed E-state index contributed by atoms with van der Waals surface area (Å²) >= 11 is 0. The van der Waals surface area contributed by atoms with E-state index >= 15 is 0 Å². The smallest absolute Gasteiger partial charge is 0.0949 e. The molecule has 2 aliphatic rings. The van der Waals surface area contributed by atoms with Crippen molar-refractivity contribution in [3.8, 4) is 0 Å². The summed E-state index contributed by atoms with van der Waals surface area (Å²) in [6.45, 7) is 2.87. The minimum absolute atomic E-state index is 0.441. The predicted molar refractivity (Wildman–Crippen MR) is 61.2 cm³/mol. The molecule has 2 unspecified atom stereocenters. The molecule has 0 aliphatic carbocycles. The second kappa shape index (κ2) is 4.18. The van der Waals surface area contributed by atoms with E-state index in [1.165, 1.54) is 24.2 Å². The zero-order valence-corrected chi connectivity index (χ0v) is 9.78. The summed E-state index contributed by atoms with van der Waals surface area (Å²) in [5.74, 6) is 0.614. The number of imidazole rings is 1. The predicted octanol–water partition coefficient (Wildman–Crippen LogP) is 1.03. The van der Waals surface area contributed by atoms with E-state index < -0.39 is 0 Å². The summed E-state index contributed by atoms with van der Waals surface area (Å²) in [7, 11) is 2.09. The molecule has 3 rings (SSSR count). The van der Waals surface area contributed by atoms with Gasteiger partial charge in [-0.25, -0.2) is 4.98 Å². The third-order valence-corrected chi connectivity index (χ3v) is 3.75. The minimum Gasteiger partial charge on any atom is -0.381 e. The molecule has 2 atom stereocenters. The van der Waals surface area contributed by atoms with Crippen LogP contribution in [-0.4, -0.2) is 29.3 Å². The monoisotopic (exact) mass is 221 g/mol. The lowest BCUT2D eigenvalue weighted by atomic mass is 9.88. The average molecular weight is 221 g/mol. The third-order valence-electron chi connectivity index (χ3n) is 3.75. The van der Waals surface area contributed by atoms with Crippen molar-refractivity contribution in [1.82, 2.24) is 14.9 Å². The van der Waals surface area contributed by atoms with Gasteiger partial charge in [0.25, 0.3) is 0 Å². The van der Waals surface area contributed by atoms with Crippen LogP contribution in [0, 0.1) is 5.92 Å². The van der Waals surface area contributed by atoms with Gasteiger partial charge in [0, 0.05) is 32.5 Å². The first-order chi connectivity index (χ1) is 7.86. The lowest BCUT2D eigenvalue weighted by Gasteiger charge is -2.34. The molecule has 0 bridgehead atoms. The quantitative estimate of drug-likeness (QED) is 0.770. The summed E-state index contributed by atoms with van der Waals surface area (Å²) in [5.41, 5.74) is 2.65. The van der Waals surface area contributed by atoms with Gasteiger partial charge >= 0.3 is 0 Å². The number of hydrogen-bond acceptors (Lipinski definition) is 3. The lowest BCUT2D eigenvalue weighted by molar-refractivity contribution is 0.0368. The Labute approximate surface area is 96.0 Å². The van der Waals surface area contributed by atoms with Gasteiger partial charge in [-0.1, -0.05) is 0 Å². The third kappa shape index (κ3) is 1.66. The number of nitrogens with zero attached hydrogens (tertiary/aromatic N) is 2. The number of aryl methyl sites for hydroxylation is 1. The topological polar surface area (TPSA) is 39.1 Å². The molecule has 88 valence electrons. The van der Waals surface area contributed by atoms with Gasteiger partial charge in [0.15, 0.2) is 0 Å². The summed E-state index contributed by atoms with van der Waals surface area (Å²) in [5, 5.41) is 3.63. The largest absolute Gasteiger partial charge is 0.381 e. The number of ether oxygens (including phenoxy) is 1. The van der Waals surface area contributed by atoms with E-state index in [1.54, 1.807) is 0 Å². The van der Waals surface area contributed by atoms with Crippen molar-refractivity contribution in [3.63, 3.8) is 0 Å². The van der Waals surface area contributed by atoms with E-state index in [2.05, 4.69) is 21.9 Å². The first kappa shape index (κ1) is 10.3. The molecule has 4 heteroatoms. The maximum absolute atomic E-state index is 5.60. The molecule has 0 amide bonds. The highest BCUT2D eigenvalue weighted by molar-refractivity contribution is 5.21. The van der Waals surface area contributed by atoms with Gasteiger partial charge in [-0.05, 0) is 12.8 Å². The fraction of sp³-hybridized carbons (Fsp3) is 0.750. The van der Waals surface area contributed by atoms with Crippen LogP contribution in [0.1, 0.15) is 30.3 Å². The molecule has 1 saturated heterocycles. The van der Waals surface area contributed by atoms with Crippen LogP contribution in [0.2, 0.25) is 0 Å². The van der Waals surface area contributed by atoms with Crippen LogP contribution in [-0.2, 0) is 18.2 Å². The highest BCUT2D eigenvalue weighted by Gasteiger charge is 2.31. The highest BCUT2D eigenvalue weighted by Crippen LogP contribution is 2.32. The van der Waals surface area contributed by atoms with Gasteiger partial charge in [0.05, 0.1) is 30.4 Å². The van der Waals surface area contributed by atoms with Gasteiger partial charge in [-0.15, -0.1) is 0 Å². The second-order valence-electron chi connectivity index (χ2n) is 4.85. The number of aromatic nitrogens is 2. The number of hydrogen-bond donors (Lipinski definition) is 1. The Morgan fingerprint density at radius 2 is 2.50 bits per heavy atom. The SMILES string of the molecule is Cn1cnc2c1C(C1CCCOC1)NCC2. The van der Waals surface area contributed by atoms with Crippen LogP contribution < -0.4 is 5.32 Å². The van der Waals surface area contributed by atoms with Crippen molar-refractivity contribution in [3.05, 3.63) is 17.7 Å². The molecule has 1 fully saturated rings. The zero-order chi connectivity index (χ0) is 11.0. The lowest BCUT2D eigenvalue weighted by Crippen LogP contribution is -2.39. The first-order valence-electron chi connectivity index (χ1n) is 6.17. The standard InChI is InChI=1S/C12H19N3O/c1-15-8-14-10-4-5-13-11(12(10)15)9-3-2-6-16-7-9/h8-9,11,13H,2-7H2,1H3. The molecule has 0 radical (unpaired) electrons. The van der Waals surface area contributed by atoms with Crippen LogP contribution in [0.25, 0.3) is 0 Å². The minimum atomic E-state index is 0.441. The maximum atomic E-state index is 5.60. The fourth-order valence-electron chi connectivity index (χ4n) is 2.94. The summed E-state index contributed by atoms with van der Waals surface area (Å²) in [6.07, 6.45) is 5.45. The molecule has 1 aromatic heterocycles. The molecule has 1 aromatic rings. The molecular weight excluding hydrogens is 202 g/mol. The molecule has 3 heterocycles. The van der Waals surface area contributed by atoms with Gasteiger partial charge in [-0.2, -0.15) is 0 Å². The Bertz CT molecular complexity index is 368. The first-order valence-corrected chi connectivity index (χ1v) is 6.17. The molecule has 1 N–H and O–H groups in total. The average Bonchev–Trinajstić information content (AvgIpc) is 2.73. The Balaban J connectivity index is 1.88. The van der Waals surface area contributed by atoms with Crippen molar-refractivity contribution in [2.45, 2.75) is 25.3 Å². The molecule has 0 saturated carbocycles. The van der Waals surface area contributed by atoms with E-state index in [0.717, 1.165) is 26.2 Å². The van der Waals surface area contributed by atoms with Crippen LogP contribution >= 0.6 is 0 Å². The van der Waals surface area contributed by atoms with Crippen molar-refractivity contribution >= 4 is 0 Å². The summed E-state index contributed by atoms with van der Waals surface area (Å²) in [6, 6.07) is 0.441. The summed E-state index contributed by atoms with van der Waals surface area (Å²) in [4.78, 5) is 4.48. The maximum Gasteiger partial charge on any atom is 0.0949 e. The molecule has 16 heavy (non-hydrogen) atoms. The van der Waals surface area contributed by atoms with Crippen molar-refractivity contribution in [2.75, 3.05) is 19.8 Å². The molecular formula is C12H19N3O. The normalized spacial score (nSPS) is 30.1. The van der Waals surface area contributed by atoms with E-state index in [0.29, 0.717) is 12.0 Å². The van der Waals surface area contributed by atoms with Crippen molar-refractivity contribution in [1.29, 1.82) is 0 Å². The van der Waals surface area contributed by atoms with Gasteiger partial charge < -0.3 is 14.6 Å². The van der Waals surface area contributed by atoms with E-state index in [9.17, 15) is 0 Å². The zero-order valence-electron chi connectivity index (χ0n) is 9.78. The van der Waals surface area contributed by atoms with E-state index in [1.807, 2.05) is 6.33 Å². The van der Waals surface area contributed by atoms with Crippen molar-refractivity contribution in [2.24, 2.45) is 13.0 Å². The Hall–Kier alpha value is -0.870. The number of rotatable bonds is 1. The fourth-order valence-corrected chi connectivity index (χ4v) is 2.94. The number of fused-ring (bicyclic) bond motifs is 1. The Kier molecular flexibility index (Phi) is 2.69. The van der Waals surface area contributed by atoms with Gasteiger partial charge in [-0.3, -0.25) is 0 Å². The van der Waals surface area contributed by atoms with Gasteiger partial charge in [0.2, 0.25) is 0 Å². The number of nitrogens with one attached hydrogen (secondary N) is 1. The Morgan fingerprint density at radius 1 is 1.56 bits per heavy atom. The molecule has 0 aromatic carbocycles. The van der Waals surface area contributed by atoms with Crippen molar-refractivity contribution < 1.29 is 4.74 Å². The van der Waals surface area contributed by atoms with Crippen LogP contribution in [0.5, 0.6) is 0 Å². The van der Waals surface area contributed by atoms with Crippen LogP contribution in [0.3, 0.4) is 0 Å². The molecule has 4 nitrogen and oxygen atoms in total. The summed E-state index contributed by atoms with van der Waals surface area (Å²) < 4.78 is 7.76. The second-order valence-corrected chi connectivity index (χ2v) is 4.85. The molecule has 0 spiro atoms. The van der Waals surface area contributed by atoms with Gasteiger partial charge in [0.1, 0.15) is 0 Å². The van der Waals surface area contributed by atoms with E-state index in [4.69, 9.17) is 4.74 Å². The highest BCUT2D eigenvalue weighted by atomic mass is 16.5. The van der Waals surface area contributed by atoms with E-state index in [-0.39, 0.29) is 0 Å².